The second-order valence-electron chi connectivity index (χ2n) is 11.5. The molecule has 7 atom stereocenters. The fourth-order valence-electron chi connectivity index (χ4n) is 8.25. The molecule has 4 aliphatic rings. The Kier molecular flexibility index (Phi) is 5.61. The fourth-order valence-corrected chi connectivity index (χ4v) is 8.25. The summed E-state index contributed by atoms with van der Waals surface area (Å²) in [6, 6.07) is 2.54. The van der Waals surface area contributed by atoms with Gasteiger partial charge in [0.2, 0.25) is 11.8 Å². The van der Waals surface area contributed by atoms with Crippen molar-refractivity contribution in [3.05, 3.63) is 41.7 Å². The van der Waals surface area contributed by atoms with Crippen molar-refractivity contribution in [1.29, 1.82) is 0 Å². The smallest absolute Gasteiger partial charge is 0.338 e. The van der Waals surface area contributed by atoms with Gasteiger partial charge in [-0.1, -0.05) is 19.9 Å². The number of likely N-dealkylation sites (N-methyl/N-ethyl adjacent to an activating group) is 1. The highest BCUT2D eigenvalue weighted by Gasteiger charge is 2.61. The maximum atomic E-state index is 13.5. The molecule has 1 aliphatic heterocycles. The molecule has 8 heteroatoms. The molecule has 35 heavy (non-hydrogen) atoms. The third-order valence-electron chi connectivity index (χ3n) is 9.99. The zero-order valence-corrected chi connectivity index (χ0v) is 20.3. The van der Waals surface area contributed by atoms with Gasteiger partial charge in [0.25, 0.3) is 0 Å². The summed E-state index contributed by atoms with van der Waals surface area (Å²) in [5.74, 6) is -0.624. The molecule has 0 saturated heterocycles. The van der Waals surface area contributed by atoms with Crippen LogP contribution in [0, 0.1) is 40.3 Å². The Hall–Kier alpha value is -2.38. The molecule has 1 aromatic rings. The van der Waals surface area contributed by atoms with Crippen LogP contribution in [0.2, 0.25) is 0 Å². The lowest BCUT2D eigenvalue weighted by molar-refractivity contribution is -0.141. The minimum absolute atomic E-state index is 0.0446. The number of carbonyl (C=O) groups excluding carboxylic acids is 2. The van der Waals surface area contributed by atoms with Crippen LogP contribution < -0.4 is 5.32 Å². The number of nitrogens with one attached hydrogen (secondary N) is 1. The Bertz CT molecular complexity index is 1090. The van der Waals surface area contributed by atoms with Crippen molar-refractivity contribution in [3.63, 3.8) is 0 Å². The van der Waals surface area contributed by atoms with Gasteiger partial charge in [0.05, 0.1) is 11.3 Å². The van der Waals surface area contributed by atoms with Crippen molar-refractivity contribution in [3.8, 4) is 0 Å². The van der Waals surface area contributed by atoms with Crippen LogP contribution >= 0.6 is 0 Å². The Morgan fingerprint density at radius 1 is 1.09 bits per heavy atom. The highest BCUT2D eigenvalue weighted by molar-refractivity contribution is 5.94. The number of hydrogen-bond donors (Lipinski definition) is 1. The van der Waals surface area contributed by atoms with E-state index in [1.165, 1.54) is 0 Å². The predicted octanol–water partition coefficient (Wildman–Crippen LogP) is 6.04. The molecule has 5 rings (SSSR count). The molecule has 0 bridgehead atoms. The highest BCUT2D eigenvalue weighted by Crippen LogP contribution is 2.65. The summed E-state index contributed by atoms with van der Waals surface area (Å²) in [5, 5.41) is 2.50. The van der Waals surface area contributed by atoms with Crippen LogP contribution in [0.3, 0.4) is 0 Å². The minimum atomic E-state index is -4.76. The van der Waals surface area contributed by atoms with E-state index in [1.807, 2.05) is 11.9 Å². The topological polar surface area (TPSA) is 49.4 Å². The van der Waals surface area contributed by atoms with E-state index in [1.54, 1.807) is 6.08 Å². The second-order valence-corrected chi connectivity index (χ2v) is 11.5. The number of alkyl halides is 3. The van der Waals surface area contributed by atoms with Crippen molar-refractivity contribution in [2.75, 3.05) is 12.4 Å². The first-order valence-corrected chi connectivity index (χ1v) is 12.5. The van der Waals surface area contributed by atoms with Gasteiger partial charge in [-0.3, -0.25) is 9.59 Å². The van der Waals surface area contributed by atoms with Crippen molar-refractivity contribution in [2.45, 2.75) is 64.6 Å². The lowest BCUT2D eigenvalue weighted by Gasteiger charge is -2.60. The Morgan fingerprint density at radius 3 is 2.54 bits per heavy atom. The van der Waals surface area contributed by atoms with E-state index in [9.17, 15) is 27.2 Å². The standard InChI is InChI=1S/C27H32F4N2O2/c1-25-12-10-18-16(5-9-22-26(18,2)13-11-23(34)33(22)3)17(25)6-7-19(25)24(35)32-21-8-4-15(28)14-20(21)27(29,30)31/h4,8,11,13-14,16-19,22H,5-7,9-10,12H2,1-3H3,(H,32,35)/t16-,17-,18+,19?,22?,25-,26+/m0/s1. The summed E-state index contributed by atoms with van der Waals surface area (Å²) < 4.78 is 53.9. The van der Waals surface area contributed by atoms with Gasteiger partial charge in [-0.2, -0.15) is 13.2 Å². The normalized spacial score (nSPS) is 38.5. The van der Waals surface area contributed by atoms with E-state index in [2.05, 4.69) is 25.2 Å². The van der Waals surface area contributed by atoms with Gasteiger partial charge in [-0.25, -0.2) is 4.39 Å². The molecular weight excluding hydrogens is 460 g/mol. The summed E-state index contributed by atoms with van der Waals surface area (Å²) in [6.45, 7) is 4.38. The molecule has 0 spiro atoms. The van der Waals surface area contributed by atoms with E-state index < -0.39 is 35.1 Å². The lowest BCUT2D eigenvalue weighted by Crippen LogP contribution is -2.59. The van der Waals surface area contributed by atoms with Crippen LogP contribution in [-0.2, 0) is 15.8 Å². The van der Waals surface area contributed by atoms with Gasteiger partial charge in [0, 0.05) is 24.4 Å². The number of amides is 2. The number of fused-ring (bicyclic) bond motifs is 5. The summed E-state index contributed by atoms with van der Waals surface area (Å²) in [7, 11) is 1.88. The van der Waals surface area contributed by atoms with Crippen molar-refractivity contribution < 1.29 is 27.2 Å². The molecule has 2 unspecified atom stereocenters. The van der Waals surface area contributed by atoms with Gasteiger partial charge in [-0.15, -0.1) is 0 Å². The summed E-state index contributed by atoms with van der Waals surface area (Å²) in [4.78, 5) is 27.5. The average Bonchev–Trinajstić information content (AvgIpc) is 3.14. The summed E-state index contributed by atoms with van der Waals surface area (Å²) in [5.41, 5.74) is -1.96. The molecule has 4 nitrogen and oxygen atoms in total. The van der Waals surface area contributed by atoms with Gasteiger partial charge in [-0.05, 0) is 86.0 Å². The van der Waals surface area contributed by atoms with Crippen LogP contribution in [0.4, 0.5) is 23.2 Å². The SMILES string of the molecule is CN1C(=O)C=C[C@@]2(C)C1CC[C@@H]1[C@H]2CC[C@]2(C)C(C(=O)Nc3ccc(F)cc3C(F)(F)F)CC[C@@H]12. The van der Waals surface area contributed by atoms with Gasteiger partial charge in [0.15, 0.2) is 0 Å². The highest BCUT2D eigenvalue weighted by atomic mass is 19.4. The third kappa shape index (κ3) is 3.70. The van der Waals surface area contributed by atoms with E-state index in [0.717, 1.165) is 44.2 Å². The Morgan fingerprint density at radius 2 is 1.83 bits per heavy atom. The van der Waals surface area contributed by atoms with Crippen molar-refractivity contribution >= 4 is 17.5 Å². The quantitative estimate of drug-likeness (QED) is 0.512. The molecular formula is C27H32F4N2O2. The first kappa shape index (κ1) is 24.3. The number of carbonyl (C=O) groups is 2. The number of hydrogen-bond acceptors (Lipinski definition) is 2. The number of anilines is 1. The number of halogens is 4. The van der Waals surface area contributed by atoms with E-state index in [-0.39, 0.29) is 22.8 Å². The number of benzene rings is 1. The van der Waals surface area contributed by atoms with Crippen LogP contribution in [0.15, 0.2) is 30.4 Å². The lowest BCUT2D eigenvalue weighted by atomic mass is 9.47. The van der Waals surface area contributed by atoms with Crippen molar-refractivity contribution in [1.82, 2.24) is 4.90 Å². The van der Waals surface area contributed by atoms with Gasteiger partial charge < -0.3 is 10.2 Å². The molecule has 190 valence electrons. The second kappa shape index (κ2) is 8.07. The van der Waals surface area contributed by atoms with Gasteiger partial charge >= 0.3 is 6.18 Å². The van der Waals surface area contributed by atoms with Crippen LogP contribution in [0.25, 0.3) is 0 Å². The average molecular weight is 493 g/mol. The van der Waals surface area contributed by atoms with Crippen LogP contribution in [0.1, 0.15) is 57.9 Å². The molecule has 1 aromatic carbocycles. The molecule has 3 saturated carbocycles. The summed E-state index contributed by atoms with van der Waals surface area (Å²) in [6.07, 6.45) is 4.17. The Labute approximate surface area is 203 Å². The largest absolute Gasteiger partial charge is 0.418 e. The van der Waals surface area contributed by atoms with Crippen LogP contribution in [0.5, 0.6) is 0 Å². The predicted molar refractivity (Wildman–Crippen MR) is 124 cm³/mol. The molecule has 3 fully saturated rings. The molecule has 1 heterocycles. The van der Waals surface area contributed by atoms with E-state index >= 15 is 0 Å². The summed E-state index contributed by atoms with van der Waals surface area (Å²) >= 11 is 0. The Balaban J connectivity index is 1.38. The first-order chi connectivity index (χ1) is 16.4. The molecule has 2 amide bonds. The number of nitrogens with zero attached hydrogens (tertiary/aromatic N) is 1. The minimum Gasteiger partial charge on any atom is -0.338 e. The van der Waals surface area contributed by atoms with Crippen LogP contribution in [-0.4, -0.2) is 29.8 Å². The molecule has 0 aromatic heterocycles. The number of rotatable bonds is 2. The third-order valence-corrected chi connectivity index (χ3v) is 9.99. The monoisotopic (exact) mass is 492 g/mol. The van der Waals surface area contributed by atoms with Gasteiger partial charge in [0.1, 0.15) is 5.82 Å². The molecule has 1 N–H and O–H groups in total. The molecule has 0 radical (unpaired) electrons. The van der Waals surface area contributed by atoms with Crippen molar-refractivity contribution in [2.24, 2.45) is 34.5 Å². The zero-order valence-electron chi connectivity index (χ0n) is 20.3. The zero-order chi connectivity index (χ0) is 25.3. The molecule has 3 aliphatic carbocycles. The maximum absolute atomic E-state index is 13.5. The fraction of sp³-hybridized carbons (Fsp3) is 0.630. The van der Waals surface area contributed by atoms with E-state index in [4.69, 9.17) is 0 Å². The maximum Gasteiger partial charge on any atom is 0.418 e. The van der Waals surface area contributed by atoms with E-state index in [0.29, 0.717) is 30.2 Å². The first-order valence-electron chi connectivity index (χ1n) is 12.5.